The minimum absolute atomic E-state index is 0.0731. The minimum Gasteiger partial charge on any atom is -0.468 e. The molecule has 0 saturated heterocycles. The fourth-order valence-corrected chi connectivity index (χ4v) is 2.64. The van der Waals surface area contributed by atoms with Crippen molar-refractivity contribution in [3.05, 3.63) is 0 Å². The molecule has 90 valence electrons. The van der Waals surface area contributed by atoms with Crippen LogP contribution < -0.4 is 0 Å². The van der Waals surface area contributed by atoms with Crippen molar-refractivity contribution in [3.8, 4) is 0 Å². The van der Waals surface area contributed by atoms with Gasteiger partial charge in [-0.05, 0) is 13.3 Å². The van der Waals surface area contributed by atoms with Gasteiger partial charge in [0, 0.05) is 6.54 Å². The molecule has 0 aromatic carbocycles. The second-order valence-corrected chi connectivity index (χ2v) is 4.86. The van der Waals surface area contributed by atoms with Gasteiger partial charge in [0.25, 0.3) is 0 Å². The summed E-state index contributed by atoms with van der Waals surface area (Å²) in [6.45, 7) is 4.79. The summed E-state index contributed by atoms with van der Waals surface area (Å²) in [6.07, 6.45) is 0.263. The van der Waals surface area contributed by atoms with E-state index in [4.69, 9.17) is 9.79 Å². The van der Waals surface area contributed by atoms with Gasteiger partial charge in [0.1, 0.15) is 5.54 Å². The van der Waals surface area contributed by atoms with E-state index >= 15 is 0 Å². The van der Waals surface area contributed by atoms with Gasteiger partial charge in [-0.3, -0.25) is 4.79 Å². The molecule has 0 aliphatic heterocycles. The Morgan fingerprint density at radius 1 is 1.47 bits per heavy atom. The number of hydrogen-bond acceptors (Lipinski definition) is 3. The van der Waals surface area contributed by atoms with E-state index < -0.39 is 19.3 Å². The normalized spacial score (nSPS) is 16.2. The molecular weight excluding hydrogens is 221 g/mol. The Morgan fingerprint density at radius 3 is 2.13 bits per heavy atom. The van der Waals surface area contributed by atoms with Gasteiger partial charge in [-0.15, -0.1) is 0 Å². The maximum atomic E-state index is 11.5. The van der Waals surface area contributed by atoms with Crippen LogP contribution in [0.25, 0.3) is 0 Å². The van der Waals surface area contributed by atoms with Crippen LogP contribution in [-0.2, 0) is 14.1 Å². The third-order valence-corrected chi connectivity index (χ3v) is 3.85. The van der Waals surface area contributed by atoms with E-state index in [0.29, 0.717) is 0 Å². The molecule has 6 nitrogen and oxygen atoms in total. The molecule has 1 atom stereocenters. The van der Waals surface area contributed by atoms with Crippen LogP contribution >= 0.6 is 7.75 Å². The molecule has 15 heavy (non-hydrogen) atoms. The fourth-order valence-electron chi connectivity index (χ4n) is 1.47. The number of carbonyl (C=O) groups excluding carboxylic acids is 1. The van der Waals surface area contributed by atoms with Crippen LogP contribution in [0.15, 0.2) is 0 Å². The van der Waals surface area contributed by atoms with Crippen molar-refractivity contribution in [3.63, 3.8) is 0 Å². The van der Waals surface area contributed by atoms with Crippen molar-refractivity contribution in [1.82, 2.24) is 4.67 Å². The fraction of sp³-hybridized carbons (Fsp3) is 0.875. The highest BCUT2D eigenvalue weighted by molar-refractivity contribution is 7.49. The van der Waals surface area contributed by atoms with E-state index in [-0.39, 0.29) is 13.0 Å². The Labute approximate surface area is 89.4 Å². The molecule has 0 heterocycles. The quantitative estimate of drug-likeness (QED) is 0.543. The SMILES string of the molecule is CCN([C@](C)(CC)C(=O)OC)P(=O)(O)O. The first-order valence-corrected chi connectivity index (χ1v) is 6.22. The van der Waals surface area contributed by atoms with Gasteiger partial charge in [0.2, 0.25) is 0 Å². The molecule has 0 aliphatic carbocycles. The predicted molar refractivity (Wildman–Crippen MR) is 55.1 cm³/mol. The lowest BCUT2D eigenvalue weighted by Crippen LogP contribution is -2.50. The average molecular weight is 239 g/mol. The van der Waals surface area contributed by atoms with Crippen LogP contribution in [-0.4, -0.2) is 39.6 Å². The largest absolute Gasteiger partial charge is 0.468 e. The zero-order valence-corrected chi connectivity index (χ0v) is 10.3. The summed E-state index contributed by atoms with van der Waals surface area (Å²) < 4.78 is 16.6. The Bertz CT molecular complexity index is 276. The molecule has 0 spiro atoms. The molecule has 0 aromatic rings. The highest BCUT2D eigenvalue weighted by atomic mass is 31.2. The number of ether oxygens (including phenoxy) is 1. The number of esters is 1. The lowest BCUT2D eigenvalue weighted by molar-refractivity contribution is -0.152. The Kier molecular flexibility index (Phi) is 4.93. The Hall–Kier alpha value is -0.420. The molecule has 0 aliphatic rings. The van der Waals surface area contributed by atoms with Gasteiger partial charge >= 0.3 is 13.7 Å². The summed E-state index contributed by atoms with van der Waals surface area (Å²) in [5.41, 5.74) is -1.29. The lowest BCUT2D eigenvalue weighted by atomic mass is 9.99. The monoisotopic (exact) mass is 239 g/mol. The second-order valence-electron chi connectivity index (χ2n) is 3.35. The van der Waals surface area contributed by atoms with E-state index in [0.717, 1.165) is 4.67 Å². The van der Waals surface area contributed by atoms with Crippen LogP contribution in [0.5, 0.6) is 0 Å². The van der Waals surface area contributed by atoms with Crippen molar-refractivity contribution >= 4 is 13.7 Å². The molecule has 0 aromatic heterocycles. The Balaban J connectivity index is 5.24. The number of rotatable bonds is 5. The molecule has 0 amide bonds. The van der Waals surface area contributed by atoms with Crippen molar-refractivity contribution in [2.75, 3.05) is 13.7 Å². The lowest BCUT2D eigenvalue weighted by Gasteiger charge is -2.37. The van der Waals surface area contributed by atoms with Gasteiger partial charge in [0.15, 0.2) is 0 Å². The number of nitrogens with zero attached hydrogens (tertiary/aromatic N) is 1. The van der Waals surface area contributed by atoms with Crippen LogP contribution in [0, 0.1) is 0 Å². The number of methoxy groups -OCH3 is 1. The summed E-state index contributed by atoms with van der Waals surface area (Å²) in [6, 6.07) is 0. The second kappa shape index (κ2) is 5.07. The first kappa shape index (κ1) is 14.6. The molecular formula is C8H18NO5P. The molecule has 0 fully saturated rings. The molecule has 0 bridgehead atoms. The number of carbonyl (C=O) groups is 1. The van der Waals surface area contributed by atoms with Gasteiger partial charge in [-0.2, -0.15) is 4.67 Å². The van der Waals surface area contributed by atoms with Crippen LogP contribution in [0.2, 0.25) is 0 Å². The third-order valence-electron chi connectivity index (χ3n) is 2.50. The van der Waals surface area contributed by atoms with E-state index in [1.807, 2.05) is 0 Å². The minimum atomic E-state index is -4.45. The van der Waals surface area contributed by atoms with E-state index in [2.05, 4.69) is 4.74 Å². The highest BCUT2D eigenvalue weighted by Crippen LogP contribution is 2.46. The molecule has 0 unspecified atom stereocenters. The van der Waals surface area contributed by atoms with E-state index in [1.165, 1.54) is 14.0 Å². The molecule has 2 N–H and O–H groups in total. The zero-order chi connectivity index (χ0) is 12.3. The molecule has 0 saturated carbocycles. The van der Waals surface area contributed by atoms with Crippen molar-refractivity contribution in [2.45, 2.75) is 32.7 Å². The van der Waals surface area contributed by atoms with Crippen molar-refractivity contribution < 1.29 is 23.9 Å². The van der Waals surface area contributed by atoms with Gasteiger partial charge < -0.3 is 14.5 Å². The summed E-state index contributed by atoms with van der Waals surface area (Å²) in [4.78, 5) is 29.7. The summed E-state index contributed by atoms with van der Waals surface area (Å²) in [7, 11) is -3.25. The smallest absolute Gasteiger partial charge is 0.403 e. The summed E-state index contributed by atoms with van der Waals surface area (Å²) in [5, 5.41) is 0. The van der Waals surface area contributed by atoms with E-state index in [1.54, 1.807) is 13.8 Å². The van der Waals surface area contributed by atoms with Crippen LogP contribution in [0.1, 0.15) is 27.2 Å². The first-order valence-electron chi connectivity index (χ1n) is 4.66. The van der Waals surface area contributed by atoms with Crippen LogP contribution in [0.4, 0.5) is 0 Å². The van der Waals surface area contributed by atoms with Gasteiger partial charge in [-0.25, -0.2) is 4.57 Å². The first-order chi connectivity index (χ1) is 6.73. The topological polar surface area (TPSA) is 87.1 Å². The maximum absolute atomic E-state index is 11.5. The zero-order valence-electron chi connectivity index (χ0n) is 9.43. The molecule has 0 rings (SSSR count). The highest BCUT2D eigenvalue weighted by Gasteiger charge is 2.46. The predicted octanol–water partition coefficient (Wildman–Crippen LogP) is 0.743. The maximum Gasteiger partial charge on any atom is 0.403 e. The van der Waals surface area contributed by atoms with Crippen molar-refractivity contribution in [1.29, 1.82) is 0 Å². The average Bonchev–Trinajstić information content (AvgIpc) is 2.14. The third kappa shape index (κ3) is 3.01. The van der Waals surface area contributed by atoms with E-state index in [9.17, 15) is 9.36 Å². The van der Waals surface area contributed by atoms with Gasteiger partial charge in [0.05, 0.1) is 7.11 Å². The Morgan fingerprint density at radius 2 is 1.93 bits per heavy atom. The molecule has 7 heteroatoms. The van der Waals surface area contributed by atoms with Gasteiger partial charge in [-0.1, -0.05) is 13.8 Å². The van der Waals surface area contributed by atoms with Crippen molar-refractivity contribution in [2.24, 2.45) is 0 Å². The molecule has 0 radical (unpaired) electrons. The summed E-state index contributed by atoms with van der Waals surface area (Å²) >= 11 is 0. The van der Waals surface area contributed by atoms with Crippen LogP contribution in [0.3, 0.4) is 0 Å². The standard InChI is InChI=1S/C8H18NO5P/c1-5-8(3,7(10)14-4)9(6-2)15(11,12)13/h5-6H2,1-4H3,(H2,11,12,13)/t8-/m1/s1. The number of likely N-dealkylation sites (N-methyl/N-ethyl adjacent to an activating group) is 1. The summed E-state index contributed by atoms with van der Waals surface area (Å²) in [5.74, 6) is -0.643. The number of hydrogen-bond donors (Lipinski definition) is 2.